The van der Waals surface area contributed by atoms with Crippen molar-refractivity contribution in [3.05, 3.63) is 94.3 Å². The van der Waals surface area contributed by atoms with E-state index >= 15 is 0 Å². The van der Waals surface area contributed by atoms with Gasteiger partial charge in [0.2, 0.25) is 5.91 Å². The van der Waals surface area contributed by atoms with Gasteiger partial charge in [0.25, 0.3) is 11.5 Å². The lowest BCUT2D eigenvalue weighted by Gasteiger charge is -2.17. The quantitative estimate of drug-likeness (QED) is 0.542. The minimum Gasteiger partial charge on any atom is -0.324 e. The van der Waals surface area contributed by atoms with Crippen molar-refractivity contribution in [2.75, 3.05) is 16.8 Å². The van der Waals surface area contributed by atoms with Crippen molar-refractivity contribution in [1.82, 2.24) is 15.0 Å². The molecule has 8 heteroatoms. The monoisotopic (exact) mass is 425 g/mol. The molecule has 0 unspecified atom stereocenters. The molecule has 1 N–H and O–H groups in total. The van der Waals surface area contributed by atoms with E-state index in [2.05, 4.69) is 15.6 Å². The largest absolute Gasteiger partial charge is 0.324 e. The summed E-state index contributed by atoms with van der Waals surface area (Å²) in [5.41, 5.74) is 3.27. The fourth-order valence-electron chi connectivity index (χ4n) is 3.86. The molecule has 5 rings (SSSR count). The van der Waals surface area contributed by atoms with Gasteiger partial charge in [-0.15, -0.1) is 5.10 Å². The standard InChI is InChI=1S/C24H19N5O3/c30-22(15-29-24(32)19-6-2-3-7-20(19)26-27-29)25-18-11-9-17(10-12-18)23(31)28-14-13-16-5-1-4-8-21(16)28/h1-12H,13-15H2,(H,25,30). The van der Waals surface area contributed by atoms with Crippen LogP contribution in [-0.4, -0.2) is 33.4 Å². The third kappa shape index (κ3) is 3.62. The van der Waals surface area contributed by atoms with Gasteiger partial charge in [0.15, 0.2) is 0 Å². The maximum Gasteiger partial charge on any atom is 0.278 e. The number of carbonyl (C=O) groups excluding carboxylic acids is 2. The molecule has 1 aromatic heterocycles. The molecular formula is C24H19N5O3. The molecule has 1 aliphatic rings. The molecule has 0 atom stereocenters. The van der Waals surface area contributed by atoms with Crippen molar-refractivity contribution in [3.63, 3.8) is 0 Å². The fourth-order valence-corrected chi connectivity index (χ4v) is 3.86. The molecule has 1 aliphatic heterocycles. The molecule has 158 valence electrons. The predicted molar refractivity (Wildman–Crippen MR) is 121 cm³/mol. The summed E-state index contributed by atoms with van der Waals surface area (Å²) in [5, 5.41) is 10.9. The Balaban J connectivity index is 1.27. The van der Waals surface area contributed by atoms with E-state index in [1.54, 1.807) is 53.4 Å². The number of para-hydroxylation sites is 1. The molecule has 0 saturated heterocycles. The summed E-state index contributed by atoms with van der Waals surface area (Å²) in [6.07, 6.45) is 0.840. The number of rotatable bonds is 4. The Morgan fingerprint density at radius 1 is 0.938 bits per heavy atom. The van der Waals surface area contributed by atoms with Crippen LogP contribution < -0.4 is 15.8 Å². The Kier molecular flexibility index (Phi) is 4.95. The maximum atomic E-state index is 12.9. The molecule has 4 aromatic rings. The van der Waals surface area contributed by atoms with Crippen molar-refractivity contribution in [1.29, 1.82) is 0 Å². The van der Waals surface area contributed by atoms with Crippen LogP contribution in [0.4, 0.5) is 11.4 Å². The van der Waals surface area contributed by atoms with Crippen LogP contribution in [0, 0.1) is 0 Å². The molecule has 3 aromatic carbocycles. The van der Waals surface area contributed by atoms with Gasteiger partial charge < -0.3 is 10.2 Å². The van der Waals surface area contributed by atoms with Gasteiger partial charge >= 0.3 is 0 Å². The smallest absolute Gasteiger partial charge is 0.278 e. The summed E-state index contributed by atoms with van der Waals surface area (Å²) < 4.78 is 1.03. The van der Waals surface area contributed by atoms with Crippen LogP contribution in [0.15, 0.2) is 77.6 Å². The number of nitrogens with one attached hydrogen (secondary N) is 1. The van der Waals surface area contributed by atoms with Crippen molar-refractivity contribution in [2.45, 2.75) is 13.0 Å². The lowest BCUT2D eigenvalue weighted by atomic mass is 10.1. The van der Waals surface area contributed by atoms with Crippen molar-refractivity contribution < 1.29 is 9.59 Å². The first-order valence-electron chi connectivity index (χ1n) is 10.2. The first-order chi connectivity index (χ1) is 15.6. The lowest BCUT2D eigenvalue weighted by molar-refractivity contribution is -0.117. The van der Waals surface area contributed by atoms with Crippen molar-refractivity contribution in [2.24, 2.45) is 0 Å². The normalized spacial score (nSPS) is 12.6. The SMILES string of the molecule is O=C(Cn1nnc2ccccc2c1=O)Nc1ccc(C(=O)N2CCc3ccccc32)cc1. The van der Waals surface area contributed by atoms with Gasteiger partial charge in [0.1, 0.15) is 12.1 Å². The van der Waals surface area contributed by atoms with Crippen LogP contribution in [0.2, 0.25) is 0 Å². The Morgan fingerprint density at radius 2 is 1.69 bits per heavy atom. The van der Waals surface area contributed by atoms with E-state index in [9.17, 15) is 14.4 Å². The topological polar surface area (TPSA) is 97.2 Å². The van der Waals surface area contributed by atoms with E-state index in [4.69, 9.17) is 0 Å². The van der Waals surface area contributed by atoms with E-state index in [1.165, 1.54) is 0 Å². The number of hydrogen-bond donors (Lipinski definition) is 1. The average Bonchev–Trinajstić information content (AvgIpc) is 3.25. The van der Waals surface area contributed by atoms with Gasteiger partial charge in [0.05, 0.1) is 5.39 Å². The Labute approximate surface area is 183 Å². The summed E-state index contributed by atoms with van der Waals surface area (Å²) >= 11 is 0. The zero-order chi connectivity index (χ0) is 22.1. The zero-order valence-electron chi connectivity index (χ0n) is 17.1. The maximum absolute atomic E-state index is 12.9. The highest BCUT2D eigenvalue weighted by molar-refractivity contribution is 6.07. The van der Waals surface area contributed by atoms with Gasteiger partial charge in [0, 0.05) is 23.5 Å². The highest BCUT2D eigenvalue weighted by Gasteiger charge is 2.25. The van der Waals surface area contributed by atoms with E-state index in [-0.39, 0.29) is 18.0 Å². The number of benzene rings is 3. The number of anilines is 2. The first-order valence-corrected chi connectivity index (χ1v) is 10.2. The van der Waals surface area contributed by atoms with Gasteiger partial charge in [-0.1, -0.05) is 35.5 Å². The number of nitrogens with zero attached hydrogens (tertiary/aromatic N) is 4. The second kappa shape index (κ2) is 8.07. The highest BCUT2D eigenvalue weighted by Crippen LogP contribution is 2.29. The molecular weight excluding hydrogens is 406 g/mol. The highest BCUT2D eigenvalue weighted by atomic mass is 16.2. The number of carbonyl (C=O) groups is 2. The minimum absolute atomic E-state index is 0.0779. The second-order valence-electron chi connectivity index (χ2n) is 7.53. The molecule has 2 amide bonds. The number of amides is 2. The van der Waals surface area contributed by atoms with Gasteiger partial charge in [-0.25, -0.2) is 4.68 Å². The van der Waals surface area contributed by atoms with Crippen LogP contribution in [0.1, 0.15) is 15.9 Å². The van der Waals surface area contributed by atoms with Gasteiger partial charge in [-0.05, 0) is 54.4 Å². The third-order valence-corrected chi connectivity index (χ3v) is 5.47. The van der Waals surface area contributed by atoms with Crippen LogP contribution in [0.3, 0.4) is 0 Å². The summed E-state index contributed by atoms with van der Waals surface area (Å²) in [5.74, 6) is -0.491. The predicted octanol–water partition coefficient (Wildman–Crippen LogP) is 2.63. The van der Waals surface area contributed by atoms with Gasteiger partial charge in [-0.2, -0.15) is 0 Å². The first kappa shape index (κ1) is 19.6. The second-order valence-corrected chi connectivity index (χ2v) is 7.53. The molecule has 0 aliphatic carbocycles. The van der Waals surface area contributed by atoms with Crippen LogP contribution in [-0.2, 0) is 17.8 Å². The van der Waals surface area contributed by atoms with Crippen molar-refractivity contribution in [3.8, 4) is 0 Å². The molecule has 8 nitrogen and oxygen atoms in total. The van der Waals surface area contributed by atoms with E-state index in [0.717, 1.165) is 22.4 Å². The Bertz CT molecular complexity index is 1390. The number of hydrogen-bond acceptors (Lipinski definition) is 5. The molecule has 0 bridgehead atoms. The summed E-state index contributed by atoms with van der Waals surface area (Å²) in [6.45, 7) is 0.389. The van der Waals surface area contributed by atoms with E-state index < -0.39 is 5.91 Å². The minimum atomic E-state index is -0.413. The van der Waals surface area contributed by atoms with E-state index in [1.807, 2.05) is 24.3 Å². The lowest BCUT2D eigenvalue weighted by Crippen LogP contribution is -2.30. The number of aromatic nitrogens is 3. The molecule has 0 radical (unpaired) electrons. The fraction of sp³-hybridized carbons (Fsp3) is 0.125. The van der Waals surface area contributed by atoms with Gasteiger partial charge in [-0.3, -0.25) is 14.4 Å². The molecule has 32 heavy (non-hydrogen) atoms. The molecule has 0 fully saturated rings. The van der Waals surface area contributed by atoms with Crippen LogP contribution in [0.25, 0.3) is 10.9 Å². The molecule has 0 spiro atoms. The molecule has 2 heterocycles. The summed E-state index contributed by atoms with van der Waals surface area (Å²) in [6, 6.07) is 21.4. The van der Waals surface area contributed by atoms with Crippen molar-refractivity contribution >= 4 is 34.1 Å². The summed E-state index contributed by atoms with van der Waals surface area (Å²) in [7, 11) is 0. The molecule has 0 saturated carbocycles. The van der Waals surface area contributed by atoms with Crippen LogP contribution >= 0.6 is 0 Å². The summed E-state index contributed by atoms with van der Waals surface area (Å²) in [4.78, 5) is 39.6. The van der Waals surface area contributed by atoms with Crippen LogP contribution in [0.5, 0.6) is 0 Å². The third-order valence-electron chi connectivity index (χ3n) is 5.47. The zero-order valence-corrected chi connectivity index (χ0v) is 17.1. The Morgan fingerprint density at radius 3 is 2.53 bits per heavy atom. The number of fused-ring (bicyclic) bond motifs is 2. The van der Waals surface area contributed by atoms with E-state index in [0.29, 0.717) is 28.7 Å². The average molecular weight is 425 g/mol. The Hall–Kier alpha value is -4.33.